The number of aliphatic imine (C=N–C) groups is 1. The Labute approximate surface area is 83.4 Å². The van der Waals surface area contributed by atoms with Gasteiger partial charge in [0.25, 0.3) is 0 Å². The zero-order valence-electron chi connectivity index (χ0n) is 8.25. The largest absolute Gasteiger partial charge is 0.376 e. The normalized spacial score (nSPS) is 18.4. The fraction of sp³-hybridized carbons (Fsp3) is 0.364. The first-order valence-corrected chi connectivity index (χ1v) is 5.00. The highest BCUT2D eigenvalue weighted by Crippen LogP contribution is 2.31. The van der Waals surface area contributed by atoms with Crippen LogP contribution in [0.5, 0.6) is 0 Å². The molecule has 3 heteroatoms. The van der Waals surface area contributed by atoms with Gasteiger partial charge < -0.3 is 10.2 Å². The molecule has 1 aromatic carbocycles. The minimum Gasteiger partial charge on any atom is -0.376 e. The molecule has 0 unspecified atom stereocenters. The molecule has 1 N–H and O–H groups in total. The van der Waals surface area contributed by atoms with E-state index in [9.17, 15) is 0 Å². The van der Waals surface area contributed by atoms with Gasteiger partial charge >= 0.3 is 0 Å². The lowest BCUT2D eigenvalue weighted by Gasteiger charge is -2.29. The van der Waals surface area contributed by atoms with E-state index >= 15 is 0 Å². The first-order valence-electron chi connectivity index (χ1n) is 5.00. The summed E-state index contributed by atoms with van der Waals surface area (Å²) < 4.78 is 0. The zero-order chi connectivity index (χ0) is 9.54. The van der Waals surface area contributed by atoms with Crippen molar-refractivity contribution in [3.05, 3.63) is 23.8 Å². The number of aryl methyl sites for hydroxylation is 1. The van der Waals surface area contributed by atoms with Crippen molar-refractivity contribution in [2.24, 2.45) is 4.99 Å². The van der Waals surface area contributed by atoms with Gasteiger partial charge in [-0.2, -0.15) is 0 Å². The number of rotatable bonds is 0. The fourth-order valence-electron chi connectivity index (χ4n) is 2.09. The summed E-state index contributed by atoms with van der Waals surface area (Å²) in [6.07, 6.45) is 0. The molecule has 14 heavy (non-hydrogen) atoms. The first kappa shape index (κ1) is 7.85. The summed E-state index contributed by atoms with van der Waals surface area (Å²) in [5, 5.41) is 3.39. The number of hydrogen-bond donors (Lipinski definition) is 1. The van der Waals surface area contributed by atoms with Crippen molar-refractivity contribution in [2.45, 2.75) is 6.92 Å². The Morgan fingerprint density at radius 1 is 1.43 bits per heavy atom. The van der Waals surface area contributed by atoms with Gasteiger partial charge in [-0.1, -0.05) is 6.07 Å². The molecule has 72 valence electrons. The zero-order valence-corrected chi connectivity index (χ0v) is 8.25. The van der Waals surface area contributed by atoms with Crippen LogP contribution < -0.4 is 10.2 Å². The van der Waals surface area contributed by atoms with Gasteiger partial charge in [0.15, 0.2) is 0 Å². The molecule has 0 radical (unpaired) electrons. The Morgan fingerprint density at radius 3 is 3.29 bits per heavy atom. The SMILES string of the molecule is Cc1ccc2c(c1)N1CCN=C1CN2. The number of fused-ring (bicyclic) bond motifs is 3. The Morgan fingerprint density at radius 2 is 2.36 bits per heavy atom. The number of amidine groups is 1. The van der Waals surface area contributed by atoms with Crippen LogP contribution >= 0.6 is 0 Å². The number of anilines is 2. The van der Waals surface area contributed by atoms with E-state index in [0.29, 0.717) is 0 Å². The van der Waals surface area contributed by atoms with E-state index in [-0.39, 0.29) is 0 Å². The van der Waals surface area contributed by atoms with Crippen molar-refractivity contribution < 1.29 is 0 Å². The van der Waals surface area contributed by atoms with E-state index in [0.717, 1.165) is 19.6 Å². The van der Waals surface area contributed by atoms with Crippen LogP contribution in [0.25, 0.3) is 0 Å². The molecule has 0 atom stereocenters. The van der Waals surface area contributed by atoms with Gasteiger partial charge in [0.2, 0.25) is 0 Å². The highest BCUT2D eigenvalue weighted by atomic mass is 15.3. The molecule has 2 aliphatic rings. The highest BCUT2D eigenvalue weighted by molar-refractivity contribution is 6.07. The quantitative estimate of drug-likeness (QED) is 0.668. The monoisotopic (exact) mass is 187 g/mol. The topological polar surface area (TPSA) is 27.6 Å². The van der Waals surface area contributed by atoms with E-state index < -0.39 is 0 Å². The fourth-order valence-corrected chi connectivity index (χ4v) is 2.09. The van der Waals surface area contributed by atoms with Gasteiger partial charge in [-0.15, -0.1) is 0 Å². The van der Waals surface area contributed by atoms with Crippen LogP contribution in [0.1, 0.15) is 5.56 Å². The van der Waals surface area contributed by atoms with Crippen molar-refractivity contribution in [1.29, 1.82) is 0 Å². The van der Waals surface area contributed by atoms with Crippen molar-refractivity contribution in [3.63, 3.8) is 0 Å². The summed E-state index contributed by atoms with van der Waals surface area (Å²) in [5.41, 5.74) is 3.82. The van der Waals surface area contributed by atoms with Crippen LogP contribution in [0.3, 0.4) is 0 Å². The van der Waals surface area contributed by atoms with E-state index in [1.165, 1.54) is 22.8 Å². The van der Waals surface area contributed by atoms with Crippen LogP contribution in [0.2, 0.25) is 0 Å². The average Bonchev–Trinajstić information content (AvgIpc) is 2.65. The van der Waals surface area contributed by atoms with Gasteiger partial charge in [0, 0.05) is 6.54 Å². The predicted molar refractivity (Wildman–Crippen MR) is 59.3 cm³/mol. The van der Waals surface area contributed by atoms with E-state index in [1.54, 1.807) is 0 Å². The van der Waals surface area contributed by atoms with Crippen molar-refractivity contribution >= 4 is 17.2 Å². The van der Waals surface area contributed by atoms with Crippen LogP contribution in [0.4, 0.5) is 11.4 Å². The van der Waals surface area contributed by atoms with Gasteiger partial charge in [-0.05, 0) is 24.6 Å². The van der Waals surface area contributed by atoms with Crippen molar-refractivity contribution in [3.8, 4) is 0 Å². The smallest absolute Gasteiger partial charge is 0.123 e. The summed E-state index contributed by atoms with van der Waals surface area (Å²) in [6, 6.07) is 6.52. The molecule has 2 aliphatic heterocycles. The molecule has 3 nitrogen and oxygen atoms in total. The average molecular weight is 187 g/mol. The number of hydrogen-bond acceptors (Lipinski definition) is 3. The summed E-state index contributed by atoms with van der Waals surface area (Å²) in [7, 11) is 0. The molecular formula is C11H13N3. The Kier molecular flexibility index (Phi) is 1.54. The second-order valence-corrected chi connectivity index (χ2v) is 3.82. The number of nitrogens with one attached hydrogen (secondary N) is 1. The lowest BCUT2D eigenvalue weighted by atomic mass is 10.1. The third-order valence-corrected chi connectivity index (χ3v) is 2.81. The standard InChI is InChI=1S/C11H13N3/c1-8-2-3-9-10(6-8)14-5-4-12-11(14)7-13-9/h2-3,6,13H,4-5,7H2,1H3. The minimum absolute atomic E-state index is 0.871. The molecular weight excluding hydrogens is 174 g/mol. The molecule has 0 fully saturated rings. The lowest BCUT2D eigenvalue weighted by molar-refractivity contribution is 1.01. The minimum atomic E-state index is 0.871. The molecule has 0 spiro atoms. The number of nitrogens with zero attached hydrogens (tertiary/aromatic N) is 2. The van der Waals surface area contributed by atoms with Crippen LogP contribution in [-0.2, 0) is 0 Å². The van der Waals surface area contributed by atoms with Gasteiger partial charge in [-0.25, -0.2) is 0 Å². The maximum absolute atomic E-state index is 4.47. The third-order valence-electron chi connectivity index (χ3n) is 2.81. The third kappa shape index (κ3) is 1.02. The van der Waals surface area contributed by atoms with Gasteiger partial charge in [0.05, 0.1) is 24.5 Å². The molecule has 0 aromatic heterocycles. The molecule has 3 rings (SSSR count). The Hall–Kier alpha value is -1.51. The van der Waals surface area contributed by atoms with Crippen LogP contribution in [0, 0.1) is 6.92 Å². The summed E-state index contributed by atoms with van der Waals surface area (Å²) in [6.45, 7) is 4.97. The maximum atomic E-state index is 4.47. The number of benzene rings is 1. The van der Waals surface area contributed by atoms with E-state index in [2.05, 4.69) is 40.3 Å². The van der Waals surface area contributed by atoms with E-state index in [4.69, 9.17) is 0 Å². The van der Waals surface area contributed by atoms with Crippen molar-refractivity contribution in [1.82, 2.24) is 0 Å². The van der Waals surface area contributed by atoms with E-state index in [1.807, 2.05) is 0 Å². The molecule has 2 heterocycles. The predicted octanol–water partition coefficient (Wildman–Crippen LogP) is 1.64. The molecule has 0 aliphatic carbocycles. The molecule has 1 aromatic rings. The second kappa shape index (κ2) is 2.74. The molecule has 0 saturated heterocycles. The molecule has 0 amide bonds. The van der Waals surface area contributed by atoms with Crippen molar-refractivity contribution in [2.75, 3.05) is 29.9 Å². The maximum Gasteiger partial charge on any atom is 0.123 e. The second-order valence-electron chi connectivity index (χ2n) is 3.82. The summed E-state index contributed by atoms with van der Waals surface area (Å²) in [4.78, 5) is 6.78. The first-order chi connectivity index (χ1) is 6.84. The molecule has 0 saturated carbocycles. The lowest BCUT2D eigenvalue weighted by Crippen LogP contribution is -2.37. The Bertz CT molecular complexity index is 409. The summed E-state index contributed by atoms with van der Waals surface area (Å²) in [5.74, 6) is 1.18. The van der Waals surface area contributed by atoms with Crippen LogP contribution in [0.15, 0.2) is 23.2 Å². The van der Waals surface area contributed by atoms with Gasteiger partial charge in [-0.3, -0.25) is 4.99 Å². The Balaban J connectivity index is 2.13. The summed E-state index contributed by atoms with van der Waals surface area (Å²) >= 11 is 0. The van der Waals surface area contributed by atoms with Crippen LogP contribution in [-0.4, -0.2) is 25.5 Å². The highest BCUT2D eigenvalue weighted by Gasteiger charge is 2.24. The van der Waals surface area contributed by atoms with Gasteiger partial charge in [0.1, 0.15) is 5.84 Å². The molecule has 0 bridgehead atoms.